The predicted molar refractivity (Wildman–Crippen MR) is 80.2 cm³/mol. The lowest BCUT2D eigenvalue weighted by atomic mass is 10.3. The summed E-state index contributed by atoms with van der Waals surface area (Å²) in [6.45, 7) is 1.99. The number of alkyl halides is 1. The average Bonchev–Trinajstić information content (AvgIpc) is 2.82. The third-order valence-electron chi connectivity index (χ3n) is 3.23. The van der Waals surface area contributed by atoms with Gasteiger partial charge >= 0.3 is 0 Å². The van der Waals surface area contributed by atoms with Crippen LogP contribution in [0.2, 0.25) is 0 Å². The summed E-state index contributed by atoms with van der Waals surface area (Å²) in [6.07, 6.45) is 0. The van der Waals surface area contributed by atoms with Gasteiger partial charge in [-0.3, -0.25) is 0 Å². The fourth-order valence-corrected chi connectivity index (χ4v) is 3.01. The van der Waals surface area contributed by atoms with Gasteiger partial charge in [0.05, 0.1) is 24.3 Å². The topological polar surface area (TPSA) is 61.2 Å². The van der Waals surface area contributed by atoms with Crippen LogP contribution >= 0.6 is 11.6 Å². The third kappa shape index (κ3) is 2.91. The number of imidazole rings is 1. The van der Waals surface area contributed by atoms with Gasteiger partial charge in [-0.2, -0.15) is 0 Å². The molecule has 0 aliphatic heterocycles. The smallest absolute Gasteiger partial charge is 0.151 e. The van der Waals surface area contributed by atoms with E-state index in [1.807, 2.05) is 22.8 Å². The summed E-state index contributed by atoms with van der Waals surface area (Å²) in [6, 6.07) is 5.56. The van der Waals surface area contributed by atoms with Gasteiger partial charge < -0.3 is 9.30 Å². The van der Waals surface area contributed by atoms with Gasteiger partial charge in [0.25, 0.3) is 0 Å². The molecule has 0 fully saturated rings. The lowest BCUT2D eigenvalue weighted by Gasteiger charge is -2.08. The molecule has 2 rings (SSSR count). The van der Waals surface area contributed by atoms with E-state index >= 15 is 0 Å². The number of hydrogen-bond donors (Lipinski definition) is 0. The van der Waals surface area contributed by atoms with E-state index in [2.05, 4.69) is 4.98 Å². The molecular weight excluding hydrogens is 300 g/mol. The summed E-state index contributed by atoms with van der Waals surface area (Å²) in [4.78, 5) is 4.44. The minimum absolute atomic E-state index is 0.0794. The number of fused-ring (bicyclic) bond motifs is 1. The van der Waals surface area contributed by atoms with Crippen molar-refractivity contribution in [2.24, 2.45) is 0 Å². The van der Waals surface area contributed by atoms with E-state index in [-0.39, 0.29) is 17.4 Å². The summed E-state index contributed by atoms with van der Waals surface area (Å²) in [5.74, 6) is 1.75. The van der Waals surface area contributed by atoms with E-state index < -0.39 is 9.84 Å². The molecule has 2 aromatic rings. The number of benzene rings is 1. The van der Waals surface area contributed by atoms with Crippen molar-refractivity contribution in [2.75, 3.05) is 18.6 Å². The Hall–Kier alpha value is -1.27. The number of sulfone groups is 1. The molecule has 110 valence electrons. The molecule has 0 aliphatic carbocycles. The van der Waals surface area contributed by atoms with E-state index in [0.29, 0.717) is 23.6 Å². The molecule has 0 N–H and O–H groups in total. The van der Waals surface area contributed by atoms with Crippen LogP contribution in [0.3, 0.4) is 0 Å². The number of hydrogen-bond acceptors (Lipinski definition) is 4. The van der Waals surface area contributed by atoms with Crippen LogP contribution in [-0.2, 0) is 22.3 Å². The van der Waals surface area contributed by atoms with Crippen LogP contribution in [-0.4, -0.2) is 36.6 Å². The summed E-state index contributed by atoms with van der Waals surface area (Å²) in [7, 11) is -1.45. The van der Waals surface area contributed by atoms with E-state index in [1.54, 1.807) is 14.0 Å². The van der Waals surface area contributed by atoms with Gasteiger partial charge in [-0.15, -0.1) is 11.6 Å². The first-order valence-electron chi connectivity index (χ1n) is 6.31. The molecule has 20 heavy (non-hydrogen) atoms. The number of aromatic nitrogens is 2. The molecule has 5 nitrogen and oxygen atoms in total. The minimum atomic E-state index is -3.03. The normalized spacial score (nSPS) is 11.9. The molecule has 0 aliphatic rings. The van der Waals surface area contributed by atoms with Gasteiger partial charge in [0.2, 0.25) is 0 Å². The van der Waals surface area contributed by atoms with E-state index in [0.717, 1.165) is 5.52 Å². The molecule has 0 saturated carbocycles. The summed E-state index contributed by atoms with van der Waals surface area (Å²) in [5, 5.41) is 0. The summed E-state index contributed by atoms with van der Waals surface area (Å²) < 4.78 is 30.4. The van der Waals surface area contributed by atoms with Gasteiger partial charge in [-0.05, 0) is 12.1 Å². The number of methoxy groups -OCH3 is 1. The van der Waals surface area contributed by atoms with Crippen molar-refractivity contribution in [1.29, 1.82) is 0 Å². The number of ether oxygens (including phenoxy) is 1. The summed E-state index contributed by atoms with van der Waals surface area (Å²) in [5.41, 5.74) is 1.55. The van der Waals surface area contributed by atoms with Crippen LogP contribution in [0, 0.1) is 0 Å². The number of rotatable bonds is 6. The highest BCUT2D eigenvalue weighted by molar-refractivity contribution is 7.91. The van der Waals surface area contributed by atoms with Gasteiger partial charge in [0.15, 0.2) is 9.84 Å². The van der Waals surface area contributed by atoms with E-state index in [4.69, 9.17) is 16.3 Å². The molecular formula is C13H17ClN2O3S. The summed E-state index contributed by atoms with van der Waals surface area (Å²) >= 11 is 5.91. The molecule has 0 radical (unpaired) electrons. The standard InChI is InChI=1S/C13H17ClN2O3S/c1-3-20(17,18)8-7-16-10-5-4-6-11(19-2)13(10)15-12(16)9-14/h4-6H,3,7-9H2,1-2H3. The number of nitrogens with zero attached hydrogens (tertiary/aromatic N) is 2. The Morgan fingerprint density at radius 1 is 1.40 bits per heavy atom. The van der Waals surface area contributed by atoms with Gasteiger partial charge in [-0.25, -0.2) is 13.4 Å². The zero-order chi connectivity index (χ0) is 14.8. The fourth-order valence-electron chi connectivity index (χ4n) is 2.06. The van der Waals surface area contributed by atoms with Gasteiger partial charge in [0.1, 0.15) is 17.1 Å². The highest BCUT2D eigenvalue weighted by atomic mass is 35.5. The lowest BCUT2D eigenvalue weighted by molar-refractivity contribution is 0.419. The second-order valence-electron chi connectivity index (χ2n) is 4.38. The Morgan fingerprint density at radius 3 is 2.75 bits per heavy atom. The minimum Gasteiger partial charge on any atom is -0.494 e. The van der Waals surface area contributed by atoms with Crippen molar-refractivity contribution in [3.8, 4) is 5.75 Å². The first kappa shape index (κ1) is 15.1. The average molecular weight is 317 g/mol. The number of para-hydroxylation sites is 1. The maximum absolute atomic E-state index is 11.7. The molecule has 1 heterocycles. The van der Waals surface area contributed by atoms with Crippen LogP contribution in [0.5, 0.6) is 5.75 Å². The SMILES string of the molecule is CCS(=O)(=O)CCn1c(CCl)nc2c(OC)cccc21. The van der Waals surface area contributed by atoms with Gasteiger partial charge in [-0.1, -0.05) is 13.0 Å². The van der Waals surface area contributed by atoms with E-state index in [9.17, 15) is 8.42 Å². The largest absolute Gasteiger partial charge is 0.494 e. The Labute approximate surface area is 123 Å². The van der Waals surface area contributed by atoms with Gasteiger partial charge in [0, 0.05) is 12.3 Å². The zero-order valence-corrected chi connectivity index (χ0v) is 13.0. The zero-order valence-electron chi connectivity index (χ0n) is 11.5. The number of halogens is 1. The van der Waals surface area contributed by atoms with Crippen molar-refractivity contribution >= 4 is 32.5 Å². The van der Waals surface area contributed by atoms with Crippen molar-refractivity contribution in [3.05, 3.63) is 24.0 Å². The molecule has 0 atom stereocenters. The quantitative estimate of drug-likeness (QED) is 0.767. The molecule has 1 aromatic carbocycles. The van der Waals surface area contributed by atoms with Crippen molar-refractivity contribution in [3.63, 3.8) is 0 Å². The fraction of sp³-hybridized carbons (Fsp3) is 0.462. The molecule has 1 aromatic heterocycles. The Bertz CT molecular complexity index is 710. The first-order valence-corrected chi connectivity index (χ1v) is 8.66. The highest BCUT2D eigenvalue weighted by Gasteiger charge is 2.15. The number of aryl methyl sites for hydroxylation is 1. The molecule has 0 bridgehead atoms. The molecule has 0 saturated heterocycles. The maximum Gasteiger partial charge on any atom is 0.151 e. The molecule has 0 spiro atoms. The molecule has 0 unspecified atom stereocenters. The predicted octanol–water partition coefficient (Wildman–Crippen LogP) is 2.22. The first-order chi connectivity index (χ1) is 9.52. The highest BCUT2D eigenvalue weighted by Crippen LogP contribution is 2.26. The Morgan fingerprint density at radius 2 is 2.15 bits per heavy atom. The van der Waals surface area contributed by atoms with Crippen LogP contribution in [0.25, 0.3) is 11.0 Å². The molecule has 0 amide bonds. The van der Waals surface area contributed by atoms with Crippen LogP contribution in [0.1, 0.15) is 12.7 Å². The second kappa shape index (κ2) is 6.01. The second-order valence-corrected chi connectivity index (χ2v) is 7.12. The van der Waals surface area contributed by atoms with Crippen LogP contribution in [0.4, 0.5) is 0 Å². The van der Waals surface area contributed by atoms with Crippen molar-refractivity contribution in [1.82, 2.24) is 9.55 Å². The lowest BCUT2D eigenvalue weighted by Crippen LogP contribution is -2.15. The third-order valence-corrected chi connectivity index (χ3v) is 5.15. The van der Waals surface area contributed by atoms with Crippen LogP contribution < -0.4 is 4.74 Å². The van der Waals surface area contributed by atoms with E-state index in [1.165, 1.54) is 0 Å². The molecule has 7 heteroatoms. The Kier molecular flexibility index (Phi) is 4.55. The Balaban J connectivity index is 2.46. The maximum atomic E-state index is 11.7. The van der Waals surface area contributed by atoms with Crippen LogP contribution in [0.15, 0.2) is 18.2 Å². The van der Waals surface area contributed by atoms with Crippen molar-refractivity contribution in [2.45, 2.75) is 19.3 Å². The van der Waals surface area contributed by atoms with Crippen molar-refractivity contribution < 1.29 is 13.2 Å². The monoisotopic (exact) mass is 316 g/mol.